The van der Waals surface area contributed by atoms with Gasteiger partial charge in [-0.1, -0.05) is 13.8 Å². The van der Waals surface area contributed by atoms with Crippen LogP contribution in [-0.2, 0) is 10.8 Å². The van der Waals surface area contributed by atoms with Crippen LogP contribution in [-0.4, -0.2) is 43.7 Å². The fraction of sp³-hybridized carbons (Fsp3) is 0.667. The van der Waals surface area contributed by atoms with E-state index in [1.165, 1.54) is 0 Å². The van der Waals surface area contributed by atoms with Gasteiger partial charge in [0.2, 0.25) is 11.8 Å². The molecule has 0 fully saturated rings. The van der Waals surface area contributed by atoms with Crippen molar-refractivity contribution < 1.29 is 9.13 Å². The van der Waals surface area contributed by atoms with Gasteiger partial charge in [-0.3, -0.25) is 14.3 Å². The Morgan fingerprint density at radius 1 is 1.24 bits per heavy atom. The number of hydrogen-bond donors (Lipinski definition) is 2. The quantitative estimate of drug-likeness (QED) is 0.527. The standard InChI is InChI=1S/C12H21N5O3S/c1-4-6-14-12-15-9(3)10(17(18)19)11(16-12)13-7-8-21(20)5-2/h4-8H2,1-3H3,(H2,13,14,15,16). The summed E-state index contributed by atoms with van der Waals surface area (Å²) >= 11 is 0. The van der Waals surface area contributed by atoms with Gasteiger partial charge in [-0.05, 0) is 13.3 Å². The van der Waals surface area contributed by atoms with Gasteiger partial charge in [0, 0.05) is 35.4 Å². The van der Waals surface area contributed by atoms with Crippen molar-refractivity contribution in [3.8, 4) is 0 Å². The van der Waals surface area contributed by atoms with Crippen molar-refractivity contribution in [3.05, 3.63) is 15.8 Å². The largest absolute Gasteiger partial charge is 0.363 e. The summed E-state index contributed by atoms with van der Waals surface area (Å²) in [6, 6.07) is 0. The first-order valence-corrected chi connectivity index (χ1v) is 8.34. The van der Waals surface area contributed by atoms with E-state index in [0.717, 1.165) is 6.42 Å². The van der Waals surface area contributed by atoms with Crippen LogP contribution >= 0.6 is 0 Å². The maximum atomic E-state index is 11.4. The molecule has 1 aromatic heterocycles. The van der Waals surface area contributed by atoms with E-state index >= 15 is 0 Å². The molecule has 2 N–H and O–H groups in total. The molecule has 0 spiro atoms. The lowest BCUT2D eigenvalue weighted by molar-refractivity contribution is -0.385. The van der Waals surface area contributed by atoms with Crippen LogP contribution in [0.3, 0.4) is 0 Å². The molecular weight excluding hydrogens is 294 g/mol. The highest BCUT2D eigenvalue weighted by atomic mass is 32.2. The number of hydrogen-bond acceptors (Lipinski definition) is 7. The SMILES string of the molecule is CCCNc1nc(C)c([N+](=O)[O-])c(NCCS(=O)CC)n1. The van der Waals surface area contributed by atoms with Crippen molar-refractivity contribution in [2.75, 3.05) is 35.2 Å². The molecule has 1 atom stereocenters. The van der Waals surface area contributed by atoms with Gasteiger partial charge < -0.3 is 10.6 Å². The van der Waals surface area contributed by atoms with E-state index in [2.05, 4.69) is 20.6 Å². The number of aromatic nitrogens is 2. The van der Waals surface area contributed by atoms with Gasteiger partial charge in [0.25, 0.3) is 0 Å². The monoisotopic (exact) mass is 315 g/mol. The fourth-order valence-corrected chi connectivity index (χ4v) is 2.27. The number of aryl methyl sites for hydroxylation is 1. The molecule has 0 radical (unpaired) electrons. The van der Waals surface area contributed by atoms with Crippen molar-refractivity contribution in [2.24, 2.45) is 0 Å². The summed E-state index contributed by atoms with van der Waals surface area (Å²) in [5.74, 6) is 1.52. The summed E-state index contributed by atoms with van der Waals surface area (Å²) in [6.07, 6.45) is 0.900. The number of anilines is 2. The average Bonchev–Trinajstić information content (AvgIpc) is 2.43. The molecule has 0 aliphatic rings. The van der Waals surface area contributed by atoms with Crippen LogP contribution < -0.4 is 10.6 Å². The smallest absolute Gasteiger partial charge is 0.332 e. The number of nitro groups is 1. The summed E-state index contributed by atoms with van der Waals surface area (Å²) in [4.78, 5) is 18.9. The Balaban J connectivity index is 2.93. The molecule has 21 heavy (non-hydrogen) atoms. The first kappa shape index (κ1) is 17.3. The molecule has 118 valence electrons. The minimum Gasteiger partial charge on any atom is -0.363 e. The molecule has 0 amide bonds. The second-order valence-electron chi connectivity index (χ2n) is 4.37. The van der Waals surface area contributed by atoms with Crippen LogP contribution in [0.15, 0.2) is 0 Å². The fourth-order valence-electron chi connectivity index (χ4n) is 1.65. The molecule has 0 bridgehead atoms. The number of nitrogens with one attached hydrogen (secondary N) is 2. The van der Waals surface area contributed by atoms with E-state index in [1.807, 2.05) is 13.8 Å². The summed E-state index contributed by atoms with van der Waals surface area (Å²) in [6.45, 7) is 6.47. The minimum atomic E-state index is -0.925. The second-order valence-corrected chi connectivity index (χ2v) is 6.24. The highest BCUT2D eigenvalue weighted by Gasteiger charge is 2.21. The van der Waals surface area contributed by atoms with Crippen molar-refractivity contribution in [3.63, 3.8) is 0 Å². The van der Waals surface area contributed by atoms with Gasteiger partial charge in [0.1, 0.15) is 5.69 Å². The van der Waals surface area contributed by atoms with Crippen LogP contribution in [0.5, 0.6) is 0 Å². The highest BCUT2D eigenvalue weighted by molar-refractivity contribution is 7.84. The summed E-state index contributed by atoms with van der Waals surface area (Å²) in [5, 5.41) is 17.0. The third-order valence-corrected chi connectivity index (χ3v) is 4.02. The normalized spacial score (nSPS) is 12.0. The van der Waals surface area contributed by atoms with Crippen LogP contribution in [0.2, 0.25) is 0 Å². The Labute approximate surface area is 126 Å². The van der Waals surface area contributed by atoms with Gasteiger partial charge in [-0.25, -0.2) is 4.98 Å². The van der Waals surface area contributed by atoms with Gasteiger partial charge in [0.15, 0.2) is 0 Å². The first-order chi connectivity index (χ1) is 9.99. The minimum absolute atomic E-state index is 0.140. The Hall–Kier alpha value is -1.77. The lowest BCUT2D eigenvalue weighted by Gasteiger charge is -2.10. The molecule has 1 rings (SSSR count). The maximum Gasteiger partial charge on any atom is 0.332 e. The third kappa shape index (κ3) is 5.25. The van der Waals surface area contributed by atoms with Crippen molar-refractivity contribution >= 4 is 28.3 Å². The van der Waals surface area contributed by atoms with E-state index in [0.29, 0.717) is 36.2 Å². The number of rotatable bonds is 9. The summed E-state index contributed by atoms with van der Waals surface area (Å²) < 4.78 is 11.4. The van der Waals surface area contributed by atoms with E-state index < -0.39 is 15.7 Å². The molecule has 0 saturated heterocycles. The lowest BCUT2D eigenvalue weighted by atomic mass is 10.3. The molecular formula is C12H21N5O3S. The lowest BCUT2D eigenvalue weighted by Crippen LogP contribution is -2.16. The van der Waals surface area contributed by atoms with Gasteiger partial charge in [-0.2, -0.15) is 4.98 Å². The molecule has 1 heterocycles. The maximum absolute atomic E-state index is 11.4. The molecule has 0 aromatic carbocycles. The van der Waals surface area contributed by atoms with E-state index in [9.17, 15) is 14.3 Å². The van der Waals surface area contributed by atoms with Gasteiger partial charge in [-0.15, -0.1) is 0 Å². The van der Waals surface area contributed by atoms with Gasteiger partial charge >= 0.3 is 5.69 Å². The van der Waals surface area contributed by atoms with E-state index in [1.54, 1.807) is 6.92 Å². The Morgan fingerprint density at radius 2 is 1.95 bits per heavy atom. The highest BCUT2D eigenvalue weighted by Crippen LogP contribution is 2.26. The van der Waals surface area contributed by atoms with E-state index in [-0.39, 0.29) is 11.5 Å². The van der Waals surface area contributed by atoms with Crippen molar-refractivity contribution in [2.45, 2.75) is 27.2 Å². The average molecular weight is 315 g/mol. The topological polar surface area (TPSA) is 110 Å². The Kier molecular flexibility index (Phi) is 7.00. The summed E-state index contributed by atoms with van der Waals surface area (Å²) in [7, 11) is -0.925. The molecule has 9 heteroatoms. The van der Waals surface area contributed by atoms with Gasteiger partial charge in [0.05, 0.1) is 4.92 Å². The predicted octanol–water partition coefficient (Wildman–Crippen LogP) is 1.70. The zero-order valence-corrected chi connectivity index (χ0v) is 13.3. The van der Waals surface area contributed by atoms with Crippen molar-refractivity contribution in [1.29, 1.82) is 0 Å². The zero-order valence-electron chi connectivity index (χ0n) is 12.5. The Morgan fingerprint density at radius 3 is 2.52 bits per heavy atom. The molecule has 1 aromatic rings. The number of nitrogens with zero attached hydrogens (tertiary/aromatic N) is 3. The second kappa shape index (κ2) is 8.50. The van der Waals surface area contributed by atoms with Crippen molar-refractivity contribution in [1.82, 2.24) is 9.97 Å². The molecule has 0 aliphatic heterocycles. The third-order valence-electron chi connectivity index (χ3n) is 2.72. The van der Waals surface area contributed by atoms with Crippen LogP contribution in [0.25, 0.3) is 0 Å². The Bertz CT molecular complexity index is 524. The molecule has 8 nitrogen and oxygen atoms in total. The zero-order chi connectivity index (χ0) is 15.8. The molecule has 1 unspecified atom stereocenters. The predicted molar refractivity (Wildman–Crippen MR) is 84.2 cm³/mol. The van der Waals surface area contributed by atoms with Crippen LogP contribution in [0, 0.1) is 17.0 Å². The first-order valence-electron chi connectivity index (χ1n) is 6.85. The molecule has 0 saturated carbocycles. The molecule has 0 aliphatic carbocycles. The van der Waals surface area contributed by atoms with E-state index in [4.69, 9.17) is 0 Å². The van der Waals surface area contributed by atoms with Crippen LogP contribution in [0.4, 0.5) is 17.5 Å². The van der Waals surface area contributed by atoms with Crippen LogP contribution in [0.1, 0.15) is 26.0 Å². The summed E-state index contributed by atoms with van der Waals surface area (Å²) in [5.41, 5.74) is 0.159.